The fraction of sp³-hybridized carbons (Fsp3) is 0.667. The lowest BCUT2D eigenvalue weighted by atomic mass is 10.2. The Labute approximate surface area is 150 Å². The van der Waals surface area contributed by atoms with Crippen LogP contribution in [0.2, 0.25) is 0 Å². The maximum absolute atomic E-state index is 11.8. The Morgan fingerprint density at radius 3 is 2.58 bits per heavy atom. The molecule has 1 aromatic heterocycles. The van der Waals surface area contributed by atoms with Gasteiger partial charge in [0.2, 0.25) is 0 Å². The molecule has 11 heteroatoms. The van der Waals surface area contributed by atoms with Crippen LogP contribution in [-0.2, 0) is 19.0 Å². The number of aliphatic hydroxyl groups is 2. The fourth-order valence-electron chi connectivity index (χ4n) is 2.08. The number of anilines is 1. The number of carbonyl (C=O) groups is 1. The summed E-state index contributed by atoms with van der Waals surface area (Å²) in [5, 5.41) is 21.9. The van der Waals surface area contributed by atoms with E-state index in [1.54, 1.807) is 20.8 Å². The number of aromatic nitrogens is 2. The molecule has 0 aliphatic carbocycles. The Kier molecular flexibility index (Phi) is 8.61. The number of carbonyl (C=O) groups excluding carboxylic acids is 1. The van der Waals surface area contributed by atoms with Crippen LogP contribution >= 0.6 is 0 Å². The molecule has 0 aliphatic rings. The number of nitrogens with two attached hydrogens (primary N) is 1. The molecule has 0 aliphatic heterocycles. The number of aliphatic hydroxyl groups excluding tert-OH is 1. The number of nitrogens with zero attached hydrogens (tertiary/aromatic N) is 2. The third-order valence-electron chi connectivity index (χ3n) is 3.64. The molecule has 0 fully saturated rings. The standard InChI is InChI=1S/C15H26N4O7/c1-8(14(22)24-4)17-7-25-9(2)12(13(20)21)26-10(3)19-6-5-11(16)18-15(19)23/h5-6,8-10,12-13,17,20-21H,7H2,1-4H3,(H2,16,18,23)/t8-,9+,10-,12?/m1/s1. The summed E-state index contributed by atoms with van der Waals surface area (Å²) in [6, 6.07) is 0.827. The number of ether oxygens (including phenoxy) is 3. The molecular formula is C15H26N4O7. The molecule has 0 saturated carbocycles. The van der Waals surface area contributed by atoms with Crippen LogP contribution < -0.4 is 16.7 Å². The molecule has 1 aromatic rings. The van der Waals surface area contributed by atoms with E-state index in [1.807, 2.05) is 0 Å². The van der Waals surface area contributed by atoms with Crippen molar-refractivity contribution in [2.75, 3.05) is 19.6 Å². The average Bonchev–Trinajstić information content (AvgIpc) is 2.57. The van der Waals surface area contributed by atoms with Crippen molar-refractivity contribution in [3.63, 3.8) is 0 Å². The van der Waals surface area contributed by atoms with Gasteiger partial charge in [-0.2, -0.15) is 4.98 Å². The van der Waals surface area contributed by atoms with E-state index in [0.717, 1.165) is 4.57 Å². The van der Waals surface area contributed by atoms with Gasteiger partial charge in [-0.3, -0.25) is 14.7 Å². The second-order valence-corrected chi connectivity index (χ2v) is 5.62. The molecule has 148 valence electrons. The van der Waals surface area contributed by atoms with E-state index in [0.29, 0.717) is 0 Å². The molecule has 0 amide bonds. The normalized spacial score (nSPS) is 16.1. The molecule has 26 heavy (non-hydrogen) atoms. The number of nitrogen functional groups attached to an aromatic ring is 1. The topological polar surface area (TPSA) is 158 Å². The van der Waals surface area contributed by atoms with Crippen molar-refractivity contribution in [1.82, 2.24) is 14.9 Å². The zero-order chi connectivity index (χ0) is 19.9. The van der Waals surface area contributed by atoms with Crippen molar-refractivity contribution in [3.8, 4) is 0 Å². The van der Waals surface area contributed by atoms with Crippen molar-refractivity contribution < 1.29 is 29.2 Å². The molecule has 11 nitrogen and oxygen atoms in total. The molecule has 0 radical (unpaired) electrons. The van der Waals surface area contributed by atoms with Crippen LogP contribution in [0, 0.1) is 0 Å². The van der Waals surface area contributed by atoms with Crippen molar-refractivity contribution in [2.24, 2.45) is 0 Å². The summed E-state index contributed by atoms with van der Waals surface area (Å²) in [6.07, 6.45) is -3.25. The zero-order valence-corrected chi connectivity index (χ0v) is 15.2. The highest BCUT2D eigenvalue weighted by molar-refractivity contribution is 5.74. The maximum atomic E-state index is 11.8. The number of hydrogen-bond acceptors (Lipinski definition) is 10. The Balaban J connectivity index is 2.67. The van der Waals surface area contributed by atoms with E-state index < -0.39 is 42.4 Å². The van der Waals surface area contributed by atoms with Gasteiger partial charge >= 0.3 is 11.7 Å². The first-order valence-electron chi connectivity index (χ1n) is 7.96. The van der Waals surface area contributed by atoms with Crippen LogP contribution in [0.1, 0.15) is 27.0 Å². The predicted octanol–water partition coefficient (Wildman–Crippen LogP) is -1.45. The Hall–Kier alpha value is -2.05. The Bertz CT molecular complexity index is 637. The summed E-state index contributed by atoms with van der Waals surface area (Å²) in [5.74, 6) is -0.389. The minimum absolute atomic E-state index is 0.0538. The van der Waals surface area contributed by atoms with E-state index in [1.165, 1.54) is 19.4 Å². The molecule has 0 bridgehead atoms. The first kappa shape index (κ1) is 22.0. The molecule has 0 saturated heterocycles. The summed E-state index contributed by atoms with van der Waals surface area (Å²) in [6.45, 7) is 4.64. The summed E-state index contributed by atoms with van der Waals surface area (Å²) in [7, 11) is 1.27. The minimum Gasteiger partial charge on any atom is -0.468 e. The Morgan fingerprint density at radius 2 is 2.04 bits per heavy atom. The fourth-order valence-corrected chi connectivity index (χ4v) is 2.08. The van der Waals surface area contributed by atoms with Crippen LogP contribution in [0.15, 0.2) is 17.1 Å². The number of nitrogens with one attached hydrogen (secondary N) is 1. The molecule has 0 spiro atoms. The van der Waals surface area contributed by atoms with Gasteiger partial charge in [-0.15, -0.1) is 0 Å². The smallest absolute Gasteiger partial charge is 0.351 e. The molecule has 5 N–H and O–H groups in total. The largest absolute Gasteiger partial charge is 0.468 e. The first-order valence-corrected chi connectivity index (χ1v) is 7.96. The predicted molar refractivity (Wildman–Crippen MR) is 90.7 cm³/mol. The van der Waals surface area contributed by atoms with Gasteiger partial charge in [0.15, 0.2) is 6.29 Å². The van der Waals surface area contributed by atoms with E-state index in [9.17, 15) is 19.8 Å². The van der Waals surface area contributed by atoms with Gasteiger partial charge in [-0.25, -0.2) is 4.79 Å². The second-order valence-electron chi connectivity index (χ2n) is 5.62. The highest BCUT2D eigenvalue weighted by Gasteiger charge is 2.28. The summed E-state index contributed by atoms with van der Waals surface area (Å²) >= 11 is 0. The molecule has 1 rings (SSSR count). The van der Waals surface area contributed by atoms with Crippen LogP contribution in [0.3, 0.4) is 0 Å². The van der Waals surface area contributed by atoms with Crippen LogP contribution in [0.25, 0.3) is 0 Å². The number of hydrogen-bond donors (Lipinski definition) is 4. The minimum atomic E-state index is -1.86. The quantitative estimate of drug-likeness (QED) is 0.282. The highest BCUT2D eigenvalue weighted by Crippen LogP contribution is 2.15. The third-order valence-corrected chi connectivity index (χ3v) is 3.64. The van der Waals surface area contributed by atoms with Crippen molar-refractivity contribution in [3.05, 3.63) is 22.7 Å². The molecular weight excluding hydrogens is 348 g/mol. The monoisotopic (exact) mass is 374 g/mol. The summed E-state index contributed by atoms with van der Waals surface area (Å²) in [4.78, 5) is 26.7. The first-order chi connectivity index (χ1) is 12.2. The number of esters is 1. The van der Waals surface area contributed by atoms with E-state index in [2.05, 4.69) is 15.0 Å². The lowest BCUT2D eigenvalue weighted by molar-refractivity contribution is -0.214. The number of rotatable bonds is 10. The number of methoxy groups -OCH3 is 1. The van der Waals surface area contributed by atoms with Gasteiger partial charge in [0.1, 0.15) is 24.2 Å². The zero-order valence-electron chi connectivity index (χ0n) is 15.2. The molecule has 1 heterocycles. The summed E-state index contributed by atoms with van der Waals surface area (Å²) in [5.41, 5.74) is 4.80. The van der Waals surface area contributed by atoms with Gasteiger partial charge in [-0.05, 0) is 26.8 Å². The molecule has 1 unspecified atom stereocenters. The van der Waals surface area contributed by atoms with Gasteiger partial charge < -0.3 is 30.2 Å². The molecule has 4 atom stereocenters. The van der Waals surface area contributed by atoms with Crippen molar-refractivity contribution in [2.45, 2.75) is 51.5 Å². The molecule has 0 aromatic carbocycles. The second kappa shape index (κ2) is 10.2. The SMILES string of the molecule is COC(=O)[C@@H](C)NCO[C@@H](C)C(O[C@H](C)n1ccc(N)nc1=O)C(O)O. The lowest BCUT2D eigenvalue weighted by Gasteiger charge is -2.29. The van der Waals surface area contributed by atoms with Gasteiger partial charge in [-0.1, -0.05) is 0 Å². The van der Waals surface area contributed by atoms with Gasteiger partial charge in [0.25, 0.3) is 0 Å². The van der Waals surface area contributed by atoms with Crippen LogP contribution in [0.4, 0.5) is 5.82 Å². The van der Waals surface area contributed by atoms with Crippen molar-refractivity contribution >= 4 is 11.8 Å². The summed E-state index contributed by atoms with van der Waals surface area (Å²) < 4.78 is 16.7. The van der Waals surface area contributed by atoms with E-state index in [-0.39, 0.29) is 12.5 Å². The maximum Gasteiger partial charge on any atom is 0.351 e. The lowest BCUT2D eigenvalue weighted by Crippen LogP contribution is -2.44. The van der Waals surface area contributed by atoms with E-state index in [4.69, 9.17) is 15.2 Å². The highest BCUT2D eigenvalue weighted by atomic mass is 16.6. The van der Waals surface area contributed by atoms with Crippen molar-refractivity contribution in [1.29, 1.82) is 0 Å². The Morgan fingerprint density at radius 1 is 1.38 bits per heavy atom. The van der Waals surface area contributed by atoms with Gasteiger partial charge in [0.05, 0.1) is 19.9 Å². The van der Waals surface area contributed by atoms with Crippen LogP contribution in [-0.4, -0.2) is 64.1 Å². The average molecular weight is 374 g/mol. The van der Waals surface area contributed by atoms with E-state index >= 15 is 0 Å². The third kappa shape index (κ3) is 6.35. The van der Waals surface area contributed by atoms with Crippen LogP contribution in [0.5, 0.6) is 0 Å². The van der Waals surface area contributed by atoms with Gasteiger partial charge in [0, 0.05) is 6.20 Å².